The van der Waals surface area contributed by atoms with Crippen LogP contribution in [0.2, 0.25) is 0 Å². The van der Waals surface area contributed by atoms with Crippen LogP contribution in [-0.4, -0.2) is 41.0 Å². The number of rotatable bonds is 2. The molecule has 0 aliphatic rings. The van der Waals surface area contributed by atoms with E-state index < -0.39 is 5.97 Å². The van der Waals surface area contributed by atoms with Gasteiger partial charge >= 0.3 is 5.97 Å². The van der Waals surface area contributed by atoms with Crippen LogP contribution in [0.15, 0.2) is 18.5 Å². The number of fused-ring (bicyclic) bond motifs is 1. The number of pyridine rings is 1. The van der Waals surface area contributed by atoms with Gasteiger partial charge in [-0.3, -0.25) is 0 Å². The summed E-state index contributed by atoms with van der Waals surface area (Å²) in [5, 5.41) is 19.2. The second kappa shape index (κ2) is 3.62. The minimum absolute atomic E-state index is 0.116. The van der Waals surface area contributed by atoms with Crippen molar-refractivity contribution < 1.29 is 9.90 Å². The minimum atomic E-state index is -1.03. The summed E-state index contributed by atoms with van der Waals surface area (Å²) in [6.07, 6.45) is 2.96. The number of imidazole rings is 1. The Bertz CT molecular complexity index is 730. The van der Waals surface area contributed by atoms with Crippen LogP contribution in [0, 0.1) is 0 Å². The number of carbonyl (C=O) groups is 1. The highest BCUT2D eigenvalue weighted by atomic mass is 16.4. The van der Waals surface area contributed by atoms with Crippen molar-refractivity contribution in [2.75, 3.05) is 0 Å². The third kappa shape index (κ3) is 1.35. The van der Waals surface area contributed by atoms with Crippen LogP contribution in [0.5, 0.6) is 0 Å². The summed E-state index contributed by atoms with van der Waals surface area (Å²) in [5.74, 6) is -0.521. The topological polar surface area (TPSA) is 110 Å². The fourth-order valence-electron chi connectivity index (χ4n) is 1.79. The first-order chi connectivity index (χ1) is 8.68. The third-order valence-electron chi connectivity index (χ3n) is 2.63. The van der Waals surface area contributed by atoms with Crippen molar-refractivity contribution in [2.24, 2.45) is 7.05 Å². The number of aromatic amines is 1. The van der Waals surface area contributed by atoms with Gasteiger partial charge in [0.1, 0.15) is 11.2 Å². The molecule has 90 valence electrons. The SMILES string of the molecule is Cn1c(-c2cn[nH]n2)nc2c(C(=O)O)ccnc21. The maximum atomic E-state index is 11.1. The van der Waals surface area contributed by atoms with Crippen molar-refractivity contribution in [1.29, 1.82) is 0 Å². The van der Waals surface area contributed by atoms with Gasteiger partial charge < -0.3 is 9.67 Å². The summed E-state index contributed by atoms with van der Waals surface area (Å²) >= 11 is 0. The first-order valence-corrected chi connectivity index (χ1v) is 5.09. The van der Waals surface area contributed by atoms with Crippen LogP contribution in [0.25, 0.3) is 22.7 Å². The van der Waals surface area contributed by atoms with Crippen molar-refractivity contribution >= 4 is 17.1 Å². The molecule has 0 unspecified atom stereocenters. The zero-order valence-corrected chi connectivity index (χ0v) is 9.32. The summed E-state index contributed by atoms with van der Waals surface area (Å²) in [4.78, 5) is 19.5. The number of aromatic carboxylic acids is 1. The molecule has 0 spiro atoms. The van der Waals surface area contributed by atoms with Gasteiger partial charge in [-0.05, 0) is 6.07 Å². The molecule has 0 saturated carbocycles. The zero-order chi connectivity index (χ0) is 12.7. The standard InChI is InChI=1S/C10H8N6O2/c1-16-8(6-4-12-15-14-6)13-7-5(10(17)18)2-3-11-9(7)16/h2-4H,1H3,(H,17,18)(H,12,14,15). The molecule has 8 heteroatoms. The normalized spacial score (nSPS) is 10.9. The van der Waals surface area contributed by atoms with E-state index >= 15 is 0 Å². The quantitative estimate of drug-likeness (QED) is 0.677. The van der Waals surface area contributed by atoms with Gasteiger partial charge in [-0.15, -0.1) is 0 Å². The van der Waals surface area contributed by atoms with Crippen LogP contribution in [0.1, 0.15) is 10.4 Å². The van der Waals surface area contributed by atoms with Gasteiger partial charge in [0.05, 0.1) is 11.8 Å². The predicted octanol–water partition coefficient (Wildman–Crippen LogP) is 0.452. The lowest BCUT2D eigenvalue weighted by Gasteiger charge is -1.97. The Kier molecular flexibility index (Phi) is 2.09. The molecule has 0 aliphatic carbocycles. The summed E-state index contributed by atoms with van der Waals surface area (Å²) in [6, 6.07) is 1.42. The number of hydrogen-bond donors (Lipinski definition) is 2. The first-order valence-electron chi connectivity index (χ1n) is 5.09. The van der Waals surface area contributed by atoms with Gasteiger partial charge in [-0.1, -0.05) is 0 Å². The van der Waals surface area contributed by atoms with Crippen molar-refractivity contribution in [3.8, 4) is 11.5 Å². The number of carboxylic acid groups (broad SMARTS) is 1. The minimum Gasteiger partial charge on any atom is -0.478 e. The molecule has 0 aromatic carbocycles. The maximum Gasteiger partial charge on any atom is 0.338 e. The monoisotopic (exact) mass is 244 g/mol. The average molecular weight is 244 g/mol. The number of aryl methyl sites for hydroxylation is 1. The highest BCUT2D eigenvalue weighted by Gasteiger charge is 2.18. The fourth-order valence-corrected chi connectivity index (χ4v) is 1.79. The van der Waals surface area contributed by atoms with Crippen molar-refractivity contribution in [1.82, 2.24) is 29.9 Å². The molecule has 0 saturated heterocycles. The van der Waals surface area contributed by atoms with Gasteiger partial charge in [0.2, 0.25) is 0 Å². The molecule has 3 aromatic rings. The molecule has 0 fully saturated rings. The van der Waals surface area contributed by atoms with E-state index in [4.69, 9.17) is 5.11 Å². The summed E-state index contributed by atoms with van der Waals surface area (Å²) in [7, 11) is 1.75. The molecular weight excluding hydrogens is 236 g/mol. The van der Waals surface area contributed by atoms with Gasteiger partial charge in [-0.2, -0.15) is 15.4 Å². The Morgan fingerprint density at radius 1 is 1.50 bits per heavy atom. The smallest absolute Gasteiger partial charge is 0.338 e. The third-order valence-corrected chi connectivity index (χ3v) is 2.63. The zero-order valence-electron chi connectivity index (χ0n) is 9.32. The van der Waals surface area contributed by atoms with Crippen LogP contribution < -0.4 is 0 Å². The number of H-pyrrole nitrogens is 1. The van der Waals surface area contributed by atoms with Gasteiger partial charge in [0.15, 0.2) is 11.5 Å². The number of nitrogens with zero attached hydrogens (tertiary/aromatic N) is 5. The van der Waals surface area contributed by atoms with E-state index in [0.717, 1.165) is 0 Å². The second-order valence-corrected chi connectivity index (χ2v) is 3.69. The number of hydrogen-bond acceptors (Lipinski definition) is 5. The lowest BCUT2D eigenvalue weighted by molar-refractivity contribution is 0.0699. The predicted molar refractivity (Wildman–Crippen MR) is 60.8 cm³/mol. The Morgan fingerprint density at radius 3 is 3.00 bits per heavy atom. The Balaban J connectivity index is 2.34. The molecule has 0 bridgehead atoms. The van der Waals surface area contributed by atoms with E-state index in [1.165, 1.54) is 18.5 Å². The summed E-state index contributed by atoms with van der Waals surface area (Å²) in [6.45, 7) is 0. The van der Waals surface area contributed by atoms with Gasteiger partial charge in [0, 0.05) is 13.2 Å². The van der Waals surface area contributed by atoms with Gasteiger partial charge in [0.25, 0.3) is 0 Å². The largest absolute Gasteiger partial charge is 0.478 e. The number of nitrogens with one attached hydrogen (secondary N) is 1. The molecule has 0 amide bonds. The molecule has 18 heavy (non-hydrogen) atoms. The first kappa shape index (κ1) is 10.4. The van der Waals surface area contributed by atoms with Crippen molar-refractivity contribution in [2.45, 2.75) is 0 Å². The molecule has 0 aliphatic heterocycles. The average Bonchev–Trinajstić information content (AvgIpc) is 2.97. The Hall–Kier alpha value is -2.77. The Morgan fingerprint density at radius 2 is 2.33 bits per heavy atom. The highest BCUT2D eigenvalue weighted by molar-refractivity contribution is 6.00. The molecule has 2 N–H and O–H groups in total. The number of aromatic nitrogens is 6. The molecular formula is C10H8N6O2. The van der Waals surface area contributed by atoms with Crippen LogP contribution >= 0.6 is 0 Å². The molecule has 3 rings (SSSR count). The van der Waals surface area contributed by atoms with Crippen molar-refractivity contribution in [3.63, 3.8) is 0 Å². The van der Waals surface area contributed by atoms with E-state index in [-0.39, 0.29) is 5.56 Å². The Labute approximate surface area is 100 Å². The van der Waals surface area contributed by atoms with Gasteiger partial charge in [-0.25, -0.2) is 14.8 Å². The maximum absolute atomic E-state index is 11.1. The molecule has 3 aromatic heterocycles. The van der Waals surface area contributed by atoms with Crippen LogP contribution in [0.4, 0.5) is 0 Å². The lowest BCUT2D eigenvalue weighted by Crippen LogP contribution is -1.98. The van der Waals surface area contributed by atoms with E-state index in [9.17, 15) is 4.79 Å². The van der Waals surface area contributed by atoms with E-state index in [2.05, 4.69) is 25.4 Å². The van der Waals surface area contributed by atoms with Crippen molar-refractivity contribution in [3.05, 3.63) is 24.0 Å². The van der Waals surface area contributed by atoms with Crippen LogP contribution in [-0.2, 0) is 7.05 Å². The van der Waals surface area contributed by atoms with E-state index in [1.54, 1.807) is 11.6 Å². The lowest BCUT2D eigenvalue weighted by atomic mass is 10.2. The van der Waals surface area contributed by atoms with E-state index in [1.807, 2.05) is 0 Å². The van der Waals surface area contributed by atoms with E-state index in [0.29, 0.717) is 22.7 Å². The molecule has 0 radical (unpaired) electrons. The summed E-state index contributed by atoms with van der Waals surface area (Å²) < 4.78 is 1.68. The summed E-state index contributed by atoms with van der Waals surface area (Å²) in [5.41, 5.74) is 1.48. The molecule has 3 heterocycles. The number of carboxylic acids is 1. The second-order valence-electron chi connectivity index (χ2n) is 3.69. The van der Waals surface area contributed by atoms with Crippen LogP contribution in [0.3, 0.4) is 0 Å². The highest BCUT2D eigenvalue weighted by Crippen LogP contribution is 2.22. The fraction of sp³-hybridized carbons (Fsp3) is 0.100. The molecule has 8 nitrogen and oxygen atoms in total. The molecule has 0 atom stereocenters.